The van der Waals surface area contributed by atoms with Crippen LogP contribution < -0.4 is 9.64 Å². The summed E-state index contributed by atoms with van der Waals surface area (Å²) in [6, 6.07) is 11.5. The van der Waals surface area contributed by atoms with Crippen LogP contribution in [0.4, 0.5) is 14.5 Å². The van der Waals surface area contributed by atoms with Crippen LogP contribution in [-0.2, 0) is 9.59 Å². The zero-order valence-electron chi connectivity index (χ0n) is 17.0. The Labute approximate surface area is 182 Å². The summed E-state index contributed by atoms with van der Waals surface area (Å²) in [6.45, 7) is 2.29. The lowest BCUT2D eigenvalue weighted by Gasteiger charge is -2.25. The summed E-state index contributed by atoms with van der Waals surface area (Å²) in [4.78, 5) is 30.9. The van der Waals surface area contributed by atoms with Crippen LogP contribution in [0.2, 0.25) is 0 Å². The first-order chi connectivity index (χ1) is 15.4. The highest BCUT2D eigenvalue weighted by molar-refractivity contribution is 6.51. The van der Waals surface area contributed by atoms with E-state index in [1.165, 1.54) is 30.6 Å². The van der Waals surface area contributed by atoms with Gasteiger partial charge in [0.2, 0.25) is 0 Å². The van der Waals surface area contributed by atoms with Gasteiger partial charge in [0.25, 0.3) is 11.7 Å². The number of halogens is 2. The quantitative estimate of drug-likeness (QED) is 0.365. The fourth-order valence-electron chi connectivity index (χ4n) is 3.63. The number of ketones is 1. The summed E-state index contributed by atoms with van der Waals surface area (Å²) >= 11 is 0. The lowest BCUT2D eigenvalue weighted by Crippen LogP contribution is -2.29. The molecule has 2 aromatic carbocycles. The van der Waals surface area contributed by atoms with Gasteiger partial charge in [0.1, 0.15) is 11.5 Å². The number of hydrogen-bond acceptors (Lipinski definition) is 5. The van der Waals surface area contributed by atoms with Crippen molar-refractivity contribution >= 4 is 23.1 Å². The predicted molar refractivity (Wildman–Crippen MR) is 113 cm³/mol. The van der Waals surface area contributed by atoms with Crippen LogP contribution in [0.25, 0.3) is 5.76 Å². The van der Waals surface area contributed by atoms with E-state index in [1.54, 1.807) is 24.3 Å². The normalized spacial score (nSPS) is 17.6. The van der Waals surface area contributed by atoms with Gasteiger partial charge < -0.3 is 9.84 Å². The first-order valence-corrected chi connectivity index (χ1v) is 9.81. The molecule has 0 aliphatic carbocycles. The van der Waals surface area contributed by atoms with E-state index in [0.29, 0.717) is 23.5 Å². The van der Waals surface area contributed by atoms with Gasteiger partial charge in [0, 0.05) is 29.7 Å². The molecule has 162 valence electrons. The molecule has 1 saturated heterocycles. The monoisotopic (exact) mass is 436 g/mol. The standard InChI is InChI=1S/C24H18F2N2O4/c1-2-32-17-6-3-14(4-7-17)21-20(22(29)15-9-11-27-12-10-15)23(30)24(31)28(21)16-5-8-18(25)19(26)13-16/h3-13,21,29H,2H2,1H3/b22-20+. The van der Waals surface area contributed by atoms with E-state index in [0.717, 1.165) is 17.0 Å². The number of aliphatic hydroxyl groups is 1. The molecular weight excluding hydrogens is 418 g/mol. The lowest BCUT2D eigenvalue weighted by molar-refractivity contribution is -0.132. The van der Waals surface area contributed by atoms with Gasteiger partial charge in [-0.15, -0.1) is 0 Å². The molecule has 8 heteroatoms. The summed E-state index contributed by atoms with van der Waals surface area (Å²) in [5, 5.41) is 10.9. The topological polar surface area (TPSA) is 79.7 Å². The van der Waals surface area contributed by atoms with Crippen LogP contribution in [0.3, 0.4) is 0 Å². The Morgan fingerprint density at radius 3 is 2.34 bits per heavy atom. The third-order valence-electron chi connectivity index (χ3n) is 5.09. The fraction of sp³-hybridized carbons (Fsp3) is 0.125. The molecular formula is C24H18F2N2O4. The highest BCUT2D eigenvalue weighted by Crippen LogP contribution is 2.42. The molecule has 1 aliphatic heterocycles. The number of pyridine rings is 1. The number of Topliss-reactive ketones (excluding diaryl/α,β-unsaturated/α-hetero) is 1. The van der Waals surface area contributed by atoms with Crippen LogP contribution in [0, 0.1) is 11.6 Å². The minimum Gasteiger partial charge on any atom is -0.507 e. The van der Waals surface area contributed by atoms with Crippen molar-refractivity contribution in [2.75, 3.05) is 11.5 Å². The van der Waals surface area contributed by atoms with Crippen LogP contribution in [0.1, 0.15) is 24.1 Å². The average molecular weight is 436 g/mol. The number of nitrogens with zero attached hydrogens (tertiary/aromatic N) is 2. The Bertz CT molecular complexity index is 1210. The van der Waals surface area contributed by atoms with Crippen molar-refractivity contribution in [3.05, 3.63) is 95.3 Å². The van der Waals surface area contributed by atoms with E-state index in [-0.39, 0.29) is 11.3 Å². The van der Waals surface area contributed by atoms with E-state index in [1.807, 2.05) is 6.92 Å². The van der Waals surface area contributed by atoms with Crippen LogP contribution in [0.5, 0.6) is 5.75 Å². The number of carbonyl (C=O) groups excluding carboxylic acids is 2. The summed E-state index contributed by atoms with van der Waals surface area (Å²) in [5.41, 5.74) is 0.584. The van der Waals surface area contributed by atoms with Gasteiger partial charge in [-0.2, -0.15) is 0 Å². The number of aliphatic hydroxyl groups excluding tert-OH is 1. The van der Waals surface area contributed by atoms with Crippen LogP contribution >= 0.6 is 0 Å². The SMILES string of the molecule is CCOc1ccc(C2/C(=C(\O)c3ccncc3)C(=O)C(=O)N2c2ccc(F)c(F)c2)cc1. The zero-order chi connectivity index (χ0) is 22.8. The predicted octanol–water partition coefficient (Wildman–Crippen LogP) is 4.38. The fourth-order valence-corrected chi connectivity index (χ4v) is 3.63. The minimum atomic E-state index is -1.16. The molecule has 0 bridgehead atoms. The second-order valence-corrected chi connectivity index (χ2v) is 7.01. The number of aromatic nitrogens is 1. The maximum absolute atomic E-state index is 14.0. The number of hydrogen-bond donors (Lipinski definition) is 1. The third kappa shape index (κ3) is 3.71. The molecule has 3 aromatic rings. The number of carbonyl (C=O) groups is 2. The Balaban J connectivity index is 1.91. The molecule has 1 atom stereocenters. The van der Waals surface area contributed by atoms with Crippen molar-refractivity contribution in [1.29, 1.82) is 0 Å². The summed E-state index contributed by atoms with van der Waals surface area (Å²) in [6.07, 6.45) is 2.87. The smallest absolute Gasteiger partial charge is 0.300 e. The van der Waals surface area contributed by atoms with Crippen molar-refractivity contribution in [3.8, 4) is 5.75 Å². The van der Waals surface area contributed by atoms with E-state index in [9.17, 15) is 23.5 Å². The molecule has 0 spiro atoms. The molecule has 1 unspecified atom stereocenters. The van der Waals surface area contributed by atoms with E-state index >= 15 is 0 Å². The summed E-state index contributed by atoms with van der Waals surface area (Å²) < 4.78 is 32.9. The summed E-state index contributed by atoms with van der Waals surface area (Å²) in [7, 11) is 0. The van der Waals surface area contributed by atoms with Gasteiger partial charge in [-0.3, -0.25) is 19.5 Å². The Morgan fingerprint density at radius 1 is 1.03 bits per heavy atom. The van der Waals surface area contributed by atoms with Gasteiger partial charge in [-0.1, -0.05) is 12.1 Å². The number of ether oxygens (including phenoxy) is 1. The summed E-state index contributed by atoms with van der Waals surface area (Å²) in [5.74, 6) is -3.97. The van der Waals surface area contributed by atoms with Crippen molar-refractivity contribution in [1.82, 2.24) is 4.98 Å². The lowest BCUT2D eigenvalue weighted by atomic mass is 9.95. The molecule has 1 aliphatic rings. The first kappa shape index (κ1) is 21.2. The Morgan fingerprint density at radius 2 is 1.72 bits per heavy atom. The minimum absolute atomic E-state index is 0.0151. The molecule has 6 nitrogen and oxygen atoms in total. The van der Waals surface area contributed by atoms with E-state index in [2.05, 4.69) is 4.98 Å². The van der Waals surface area contributed by atoms with Gasteiger partial charge in [-0.25, -0.2) is 8.78 Å². The number of amides is 1. The number of benzene rings is 2. The van der Waals surface area contributed by atoms with Crippen molar-refractivity contribution in [3.63, 3.8) is 0 Å². The molecule has 1 fully saturated rings. The molecule has 1 N–H and O–H groups in total. The molecule has 4 rings (SSSR count). The van der Waals surface area contributed by atoms with Crippen molar-refractivity contribution in [2.24, 2.45) is 0 Å². The molecule has 2 heterocycles. The van der Waals surface area contributed by atoms with Gasteiger partial charge in [0.15, 0.2) is 11.6 Å². The van der Waals surface area contributed by atoms with Crippen molar-refractivity contribution in [2.45, 2.75) is 13.0 Å². The molecule has 1 amide bonds. The third-order valence-corrected chi connectivity index (χ3v) is 5.09. The Kier molecular flexibility index (Phi) is 5.68. The Hall–Kier alpha value is -4.07. The van der Waals surface area contributed by atoms with Gasteiger partial charge >= 0.3 is 0 Å². The molecule has 32 heavy (non-hydrogen) atoms. The molecule has 1 aromatic heterocycles. The van der Waals surface area contributed by atoms with E-state index in [4.69, 9.17) is 4.74 Å². The zero-order valence-corrected chi connectivity index (χ0v) is 17.0. The number of rotatable bonds is 5. The maximum Gasteiger partial charge on any atom is 0.300 e. The maximum atomic E-state index is 14.0. The average Bonchev–Trinajstić information content (AvgIpc) is 3.07. The first-order valence-electron chi connectivity index (χ1n) is 9.81. The largest absolute Gasteiger partial charge is 0.507 e. The van der Waals surface area contributed by atoms with Gasteiger partial charge in [0.05, 0.1) is 18.2 Å². The molecule has 0 saturated carbocycles. The van der Waals surface area contributed by atoms with Gasteiger partial charge in [-0.05, 0) is 48.9 Å². The molecule has 0 radical (unpaired) electrons. The second-order valence-electron chi connectivity index (χ2n) is 7.01. The highest BCUT2D eigenvalue weighted by atomic mass is 19.2. The van der Waals surface area contributed by atoms with Crippen molar-refractivity contribution < 1.29 is 28.2 Å². The highest BCUT2D eigenvalue weighted by Gasteiger charge is 2.47. The van der Waals surface area contributed by atoms with E-state index < -0.39 is 35.1 Å². The van der Waals surface area contributed by atoms with Crippen LogP contribution in [-0.4, -0.2) is 28.4 Å². The van der Waals surface area contributed by atoms with Crippen LogP contribution in [0.15, 0.2) is 72.6 Å². The second kappa shape index (κ2) is 8.58. The number of anilines is 1.